The molecule has 2 heterocycles. The van der Waals surface area contributed by atoms with Crippen molar-refractivity contribution < 1.29 is 13.9 Å². The minimum Gasteiger partial charge on any atom is -0.497 e. The van der Waals surface area contributed by atoms with E-state index in [0.717, 1.165) is 11.1 Å². The fourth-order valence-corrected chi connectivity index (χ4v) is 3.89. The van der Waals surface area contributed by atoms with Crippen LogP contribution < -0.4 is 14.8 Å². The van der Waals surface area contributed by atoms with E-state index in [2.05, 4.69) is 25.3 Å². The van der Waals surface area contributed by atoms with Crippen molar-refractivity contribution in [2.75, 3.05) is 19.5 Å². The van der Waals surface area contributed by atoms with Crippen LogP contribution in [0, 0.1) is 5.82 Å². The Bertz CT molecular complexity index is 1500. The smallest absolute Gasteiger partial charge is 0.148 e. The largest absolute Gasteiger partial charge is 0.497 e. The number of nitrogens with zero attached hydrogens (tertiary/aromatic N) is 3. The molecule has 0 fully saturated rings. The number of halogens is 2. The molecule has 2 N–H and O–H groups in total. The first-order chi connectivity index (χ1) is 16.6. The molecular weight excluding hydrogens is 457 g/mol. The molecule has 2 aromatic heterocycles. The van der Waals surface area contributed by atoms with Gasteiger partial charge in [-0.15, -0.1) is 0 Å². The second-order valence-electron chi connectivity index (χ2n) is 7.39. The number of H-pyrrole nitrogens is 1. The van der Waals surface area contributed by atoms with Crippen LogP contribution in [-0.2, 0) is 0 Å². The van der Waals surface area contributed by atoms with E-state index < -0.39 is 0 Å². The highest BCUT2D eigenvalue weighted by Gasteiger charge is 2.15. The Balaban J connectivity index is 1.52. The van der Waals surface area contributed by atoms with Crippen molar-refractivity contribution in [1.82, 2.24) is 19.9 Å². The van der Waals surface area contributed by atoms with Crippen LogP contribution in [0.15, 0.2) is 67.1 Å². The predicted octanol–water partition coefficient (Wildman–Crippen LogP) is 6.24. The summed E-state index contributed by atoms with van der Waals surface area (Å²) in [5, 5.41) is 4.54. The van der Waals surface area contributed by atoms with Gasteiger partial charge in [-0.1, -0.05) is 23.7 Å². The number of rotatable bonds is 6. The standard InChI is InChI=1S/C25H19ClFN5O2/c1-33-15-10-18-23(22(11-15)34-2)29-13-30-25(18)31-14-7-8-19(26)17(9-14)24-28-12-21(32-24)16-5-3-4-6-20(16)27/h3-13H,1-2H3,(H,28,32)(H,29,30,31). The fraction of sp³-hybridized carbons (Fsp3) is 0.0800. The van der Waals surface area contributed by atoms with E-state index in [9.17, 15) is 4.39 Å². The van der Waals surface area contributed by atoms with Gasteiger partial charge in [-0.3, -0.25) is 0 Å². The zero-order valence-electron chi connectivity index (χ0n) is 18.3. The molecule has 9 heteroatoms. The topological polar surface area (TPSA) is 84.9 Å². The van der Waals surface area contributed by atoms with Crippen molar-refractivity contribution in [2.45, 2.75) is 0 Å². The number of methoxy groups -OCH3 is 2. The lowest BCUT2D eigenvalue weighted by Gasteiger charge is -2.13. The Labute approximate surface area is 199 Å². The van der Waals surface area contributed by atoms with Gasteiger partial charge in [-0.05, 0) is 36.4 Å². The van der Waals surface area contributed by atoms with Gasteiger partial charge in [0.1, 0.15) is 40.8 Å². The summed E-state index contributed by atoms with van der Waals surface area (Å²) in [5.74, 6) is 1.95. The normalized spacial score (nSPS) is 10.9. The van der Waals surface area contributed by atoms with Crippen LogP contribution in [-0.4, -0.2) is 34.2 Å². The maximum atomic E-state index is 14.2. The molecule has 0 bridgehead atoms. The van der Waals surface area contributed by atoms with E-state index in [0.29, 0.717) is 50.5 Å². The van der Waals surface area contributed by atoms with Crippen molar-refractivity contribution in [3.05, 3.63) is 78.0 Å². The molecule has 5 aromatic rings. The number of benzene rings is 3. The Hall–Kier alpha value is -4.17. The monoisotopic (exact) mass is 475 g/mol. The van der Waals surface area contributed by atoms with E-state index in [1.807, 2.05) is 18.2 Å². The van der Waals surface area contributed by atoms with Gasteiger partial charge >= 0.3 is 0 Å². The van der Waals surface area contributed by atoms with Gasteiger partial charge in [-0.2, -0.15) is 0 Å². The van der Waals surface area contributed by atoms with Gasteiger partial charge in [0, 0.05) is 22.9 Å². The summed E-state index contributed by atoms with van der Waals surface area (Å²) in [7, 11) is 3.16. The summed E-state index contributed by atoms with van der Waals surface area (Å²) in [4.78, 5) is 16.3. The van der Waals surface area contributed by atoms with Gasteiger partial charge in [0.15, 0.2) is 0 Å². The van der Waals surface area contributed by atoms with Crippen LogP contribution in [0.1, 0.15) is 0 Å². The molecule has 0 atom stereocenters. The lowest BCUT2D eigenvalue weighted by molar-refractivity contribution is 0.397. The predicted molar refractivity (Wildman–Crippen MR) is 130 cm³/mol. The van der Waals surface area contributed by atoms with Crippen molar-refractivity contribution >= 4 is 34.0 Å². The van der Waals surface area contributed by atoms with Crippen LogP contribution in [0.3, 0.4) is 0 Å². The van der Waals surface area contributed by atoms with Crippen molar-refractivity contribution in [3.63, 3.8) is 0 Å². The van der Waals surface area contributed by atoms with Crippen LogP contribution in [0.4, 0.5) is 15.9 Å². The molecule has 0 saturated carbocycles. The molecule has 7 nitrogen and oxygen atoms in total. The van der Waals surface area contributed by atoms with Crippen molar-refractivity contribution in [2.24, 2.45) is 0 Å². The maximum absolute atomic E-state index is 14.2. The van der Waals surface area contributed by atoms with Crippen molar-refractivity contribution in [3.8, 4) is 34.1 Å². The molecule has 0 aliphatic heterocycles. The van der Waals surface area contributed by atoms with E-state index in [4.69, 9.17) is 21.1 Å². The first-order valence-electron chi connectivity index (χ1n) is 10.3. The molecule has 0 spiro atoms. The average Bonchev–Trinajstić information content (AvgIpc) is 3.35. The number of imidazole rings is 1. The second-order valence-corrected chi connectivity index (χ2v) is 7.80. The number of aromatic amines is 1. The molecule has 5 rings (SSSR count). The van der Waals surface area contributed by atoms with Crippen LogP contribution in [0.5, 0.6) is 11.5 Å². The first kappa shape index (κ1) is 21.7. The highest BCUT2D eigenvalue weighted by molar-refractivity contribution is 6.33. The third kappa shape index (κ3) is 3.99. The first-order valence-corrected chi connectivity index (χ1v) is 10.7. The zero-order valence-corrected chi connectivity index (χ0v) is 19.0. The summed E-state index contributed by atoms with van der Waals surface area (Å²) < 4.78 is 25.0. The number of fused-ring (bicyclic) bond motifs is 1. The van der Waals surface area contributed by atoms with Crippen molar-refractivity contribution in [1.29, 1.82) is 0 Å². The number of hydrogen-bond acceptors (Lipinski definition) is 6. The van der Waals surface area contributed by atoms with E-state index >= 15 is 0 Å². The highest BCUT2D eigenvalue weighted by Crippen LogP contribution is 2.35. The highest BCUT2D eigenvalue weighted by atomic mass is 35.5. The Morgan fingerprint density at radius 2 is 1.79 bits per heavy atom. The molecule has 0 aliphatic carbocycles. The summed E-state index contributed by atoms with van der Waals surface area (Å²) >= 11 is 6.47. The average molecular weight is 476 g/mol. The minimum atomic E-state index is -0.333. The molecule has 34 heavy (non-hydrogen) atoms. The maximum Gasteiger partial charge on any atom is 0.148 e. The summed E-state index contributed by atoms with van der Waals surface area (Å²) in [6, 6.07) is 15.5. The zero-order chi connectivity index (χ0) is 23.7. The molecule has 0 aliphatic rings. The van der Waals surface area contributed by atoms with E-state index in [1.165, 1.54) is 12.4 Å². The quantitative estimate of drug-likeness (QED) is 0.302. The molecule has 0 amide bonds. The van der Waals surface area contributed by atoms with Gasteiger partial charge in [0.2, 0.25) is 0 Å². The number of nitrogens with one attached hydrogen (secondary N) is 2. The fourth-order valence-electron chi connectivity index (χ4n) is 3.68. The van der Waals surface area contributed by atoms with Gasteiger partial charge < -0.3 is 19.8 Å². The molecule has 0 radical (unpaired) electrons. The van der Waals surface area contributed by atoms with E-state index in [1.54, 1.807) is 50.7 Å². The molecule has 170 valence electrons. The minimum absolute atomic E-state index is 0.333. The third-order valence-corrected chi connectivity index (χ3v) is 5.69. The Kier molecular flexibility index (Phi) is 5.73. The Morgan fingerprint density at radius 1 is 0.941 bits per heavy atom. The van der Waals surface area contributed by atoms with Gasteiger partial charge in [0.05, 0.1) is 36.5 Å². The molecule has 3 aromatic carbocycles. The number of aromatic nitrogens is 4. The molecule has 0 unspecified atom stereocenters. The van der Waals surface area contributed by atoms with Crippen LogP contribution in [0.25, 0.3) is 33.5 Å². The summed E-state index contributed by atoms with van der Waals surface area (Å²) in [5.41, 5.74) is 3.02. The number of hydrogen-bond donors (Lipinski definition) is 2. The lowest BCUT2D eigenvalue weighted by atomic mass is 10.1. The Morgan fingerprint density at radius 3 is 2.59 bits per heavy atom. The van der Waals surface area contributed by atoms with Gasteiger partial charge in [0.25, 0.3) is 0 Å². The molecule has 0 saturated heterocycles. The number of ether oxygens (including phenoxy) is 2. The summed E-state index contributed by atoms with van der Waals surface area (Å²) in [6.07, 6.45) is 3.05. The lowest BCUT2D eigenvalue weighted by Crippen LogP contribution is -1.99. The van der Waals surface area contributed by atoms with Crippen LogP contribution >= 0.6 is 11.6 Å². The van der Waals surface area contributed by atoms with Crippen LogP contribution in [0.2, 0.25) is 5.02 Å². The van der Waals surface area contributed by atoms with E-state index in [-0.39, 0.29) is 5.82 Å². The SMILES string of the molecule is COc1cc(OC)c2ncnc(Nc3ccc(Cl)c(-c4ncc(-c5ccccc5F)[nH]4)c3)c2c1. The molecular formula is C25H19ClFN5O2. The number of anilines is 2. The van der Waals surface area contributed by atoms with Gasteiger partial charge in [-0.25, -0.2) is 19.3 Å². The summed E-state index contributed by atoms with van der Waals surface area (Å²) in [6.45, 7) is 0. The second kappa shape index (κ2) is 8.99. The third-order valence-electron chi connectivity index (χ3n) is 5.36.